The molecular formula is C21H18N4O3. The van der Waals surface area contributed by atoms with Crippen LogP contribution in [0.3, 0.4) is 0 Å². The molecule has 0 atom stereocenters. The smallest absolute Gasteiger partial charge is 0.274 e. The van der Waals surface area contributed by atoms with Crippen molar-refractivity contribution in [2.24, 2.45) is 0 Å². The zero-order valence-electron chi connectivity index (χ0n) is 15.7. The van der Waals surface area contributed by atoms with E-state index >= 15 is 0 Å². The molecule has 5 aromatic rings. The van der Waals surface area contributed by atoms with Crippen molar-refractivity contribution >= 4 is 33.1 Å². The third-order valence-electron chi connectivity index (χ3n) is 5.17. The van der Waals surface area contributed by atoms with Gasteiger partial charge in [0.25, 0.3) is 5.56 Å². The van der Waals surface area contributed by atoms with Gasteiger partial charge in [-0.25, -0.2) is 0 Å². The number of pyridine rings is 2. The van der Waals surface area contributed by atoms with Gasteiger partial charge in [-0.2, -0.15) is 0 Å². The van der Waals surface area contributed by atoms with Crippen molar-refractivity contribution in [2.75, 3.05) is 0 Å². The Hall–Kier alpha value is -3.61. The largest absolute Gasteiger partial charge is 0.453 e. The Balaban J connectivity index is 2.10. The highest BCUT2D eigenvalue weighted by Crippen LogP contribution is 2.38. The van der Waals surface area contributed by atoms with Crippen LogP contribution in [0.25, 0.3) is 44.2 Å². The average Bonchev–Trinajstić information content (AvgIpc) is 3.22. The summed E-state index contributed by atoms with van der Waals surface area (Å²) in [5.74, 6) is 0. The maximum Gasteiger partial charge on any atom is 0.274 e. The summed E-state index contributed by atoms with van der Waals surface area (Å²) in [5.41, 5.74) is 4.20. The molecule has 0 radical (unpaired) electrons. The normalized spacial score (nSPS) is 12.0. The molecule has 7 heteroatoms. The number of hydrogen-bond acceptors (Lipinski definition) is 4. The molecule has 0 aliphatic rings. The van der Waals surface area contributed by atoms with Gasteiger partial charge in [0.05, 0.1) is 10.9 Å². The Kier molecular flexibility index (Phi) is 3.37. The molecule has 0 fully saturated rings. The maximum atomic E-state index is 12.9. The second kappa shape index (κ2) is 5.69. The van der Waals surface area contributed by atoms with E-state index in [9.17, 15) is 9.59 Å². The van der Waals surface area contributed by atoms with E-state index in [1.807, 2.05) is 30.7 Å². The SMILES string of the molecule is Cc1c(=O)ccc2c1oc1c(-c3cccnc3)c3c(=O)[nH]n(C(C)C)c3[nH]c12. The minimum absolute atomic E-state index is 0.0498. The summed E-state index contributed by atoms with van der Waals surface area (Å²) < 4.78 is 7.97. The quantitative estimate of drug-likeness (QED) is 0.490. The highest BCUT2D eigenvalue weighted by Gasteiger charge is 2.23. The van der Waals surface area contributed by atoms with Gasteiger partial charge in [-0.1, -0.05) is 6.07 Å². The van der Waals surface area contributed by atoms with Crippen LogP contribution in [0.5, 0.6) is 0 Å². The molecule has 0 spiro atoms. The molecule has 7 nitrogen and oxygen atoms in total. The molecule has 2 N–H and O–H groups in total. The van der Waals surface area contributed by atoms with E-state index in [0.717, 1.165) is 16.5 Å². The molecule has 0 saturated carbocycles. The molecular weight excluding hydrogens is 356 g/mol. The van der Waals surface area contributed by atoms with Crippen LogP contribution in [0.4, 0.5) is 0 Å². The molecule has 1 aromatic carbocycles. The Morgan fingerprint density at radius 1 is 1.14 bits per heavy atom. The van der Waals surface area contributed by atoms with Gasteiger partial charge in [0.15, 0.2) is 11.0 Å². The standard InChI is InChI=1S/C21H18N4O3/c1-10(2)25-20-16(21(27)24-25)15(12-5-4-8-22-9-12)19-17(23-20)13-6-7-14(26)11(3)18(13)28-19/h4-10,23H,1-3H3,(H,24,27). The number of furan rings is 1. The third-order valence-corrected chi connectivity index (χ3v) is 5.17. The Bertz CT molecular complexity index is 1480. The van der Waals surface area contributed by atoms with E-state index in [2.05, 4.69) is 15.1 Å². The topological polar surface area (TPSA) is 96.7 Å². The number of aromatic amines is 2. The van der Waals surface area contributed by atoms with Crippen LogP contribution in [0, 0.1) is 6.92 Å². The number of nitrogens with one attached hydrogen (secondary N) is 2. The van der Waals surface area contributed by atoms with Crippen molar-refractivity contribution in [3.05, 3.63) is 62.8 Å². The van der Waals surface area contributed by atoms with Gasteiger partial charge >= 0.3 is 0 Å². The molecule has 0 unspecified atom stereocenters. The van der Waals surface area contributed by atoms with E-state index in [1.165, 1.54) is 0 Å². The monoisotopic (exact) mass is 374 g/mol. The summed E-state index contributed by atoms with van der Waals surface area (Å²) in [4.78, 5) is 32.6. The summed E-state index contributed by atoms with van der Waals surface area (Å²) in [6.07, 6.45) is 3.39. The number of hydrogen-bond donors (Lipinski definition) is 2. The number of rotatable bonds is 2. The van der Waals surface area contributed by atoms with Gasteiger partial charge in [-0.3, -0.25) is 24.4 Å². The van der Waals surface area contributed by atoms with Crippen LogP contribution < -0.4 is 11.0 Å². The van der Waals surface area contributed by atoms with Crippen molar-refractivity contribution in [1.82, 2.24) is 19.7 Å². The molecule has 140 valence electrons. The van der Waals surface area contributed by atoms with Crippen molar-refractivity contribution in [3.63, 3.8) is 0 Å². The number of aromatic nitrogens is 4. The van der Waals surface area contributed by atoms with Crippen LogP contribution >= 0.6 is 0 Å². The zero-order chi connectivity index (χ0) is 19.6. The molecule has 0 bridgehead atoms. The molecule has 4 heterocycles. The number of nitrogens with zero attached hydrogens (tertiary/aromatic N) is 2. The van der Waals surface area contributed by atoms with Crippen LogP contribution in [0.15, 0.2) is 50.7 Å². The van der Waals surface area contributed by atoms with Gasteiger partial charge in [-0.05, 0) is 39.0 Å². The molecule has 0 aliphatic carbocycles. The minimum Gasteiger partial charge on any atom is -0.453 e. The molecule has 28 heavy (non-hydrogen) atoms. The summed E-state index contributed by atoms with van der Waals surface area (Å²) in [6.45, 7) is 5.74. The first-order valence-corrected chi connectivity index (χ1v) is 9.10. The fourth-order valence-corrected chi connectivity index (χ4v) is 3.79. The highest BCUT2D eigenvalue weighted by atomic mass is 16.3. The molecule has 0 amide bonds. The van der Waals surface area contributed by atoms with Crippen molar-refractivity contribution in [1.29, 1.82) is 0 Å². The van der Waals surface area contributed by atoms with Crippen LogP contribution in [0.2, 0.25) is 0 Å². The second-order valence-electron chi connectivity index (χ2n) is 7.24. The molecule has 0 saturated heterocycles. The first kappa shape index (κ1) is 16.6. The van der Waals surface area contributed by atoms with Crippen LogP contribution in [0.1, 0.15) is 25.5 Å². The van der Waals surface area contributed by atoms with Crippen LogP contribution in [-0.4, -0.2) is 19.7 Å². The second-order valence-corrected chi connectivity index (χ2v) is 7.24. The highest BCUT2D eigenvalue weighted by molar-refractivity contribution is 6.14. The summed E-state index contributed by atoms with van der Waals surface area (Å²) in [5, 5.41) is 4.23. The van der Waals surface area contributed by atoms with Gasteiger partial charge < -0.3 is 9.40 Å². The fourth-order valence-electron chi connectivity index (χ4n) is 3.79. The summed E-state index contributed by atoms with van der Waals surface area (Å²) in [7, 11) is 0. The predicted molar refractivity (Wildman–Crippen MR) is 109 cm³/mol. The Labute approximate surface area is 158 Å². The fraction of sp³-hybridized carbons (Fsp3) is 0.190. The number of aryl methyl sites for hydroxylation is 1. The van der Waals surface area contributed by atoms with Gasteiger partial charge in [0.2, 0.25) is 0 Å². The van der Waals surface area contributed by atoms with Gasteiger partial charge in [0.1, 0.15) is 11.2 Å². The Morgan fingerprint density at radius 3 is 2.68 bits per heavy atom. The first-order chi connectivity index (χ1) is 13.5. The van der Waals surface area contributed by atoms with E-state index in [4.69, 9.17) is 4.42 Å². The van der Waals surface area contributed by atoms with E-state index in [1.54, 1.807) is 31.5 Å². The minimum atomic E-state index is -0.206. The third kappa shape index (κ3) is 2.13. The summed E-state index contributed by atoms with van der Waals surface area (Å²) in [6, 6.07) is 7.07. The first-order valence-electron chi connectivity index (χ1n) is 9.10. The molecule has 4 aromatic heterocycles. The maximum absolute atomic E-state index is 12.9. The van der Waals surface area contributed by atoms with E-state index in [0.29, 0.717) is 33.3 Å². The summed E-state index contributed by atoms with van der Waals surface area (Å²) >= 11 is 0. The Morgan fingerprint density at radius 2 is 1.96 bits per heavy atom. The van der Waals surface area contributed by atoms with Gasteiger partial charge in [-0.15, -0.1) is 0 Å². The van der Waals surface area contributed by atoms with Crippen molar-refractivity contribution < 1.29 is 4.42 Å². The molecule has 5 rings (SSSR count). The van der Waals surface area contributed by atoms with Crippen molar-refractivity contribution in [2.45, 2.75) is 26.8 Å². The van der Waals surface area contributed by atoms with Crippen LogP contribution in [-0.2, 0) is 0 Å². The van der Waals surface area contributed by atoms with Gasteiger partial charge in [0, 0.05) is 40.5 Å². The lowest BCUT2D eigenvalue weighted by Gasteiger charge is -2.10. The number of fused-ring (bicyclic) bond motifs is 4. The van der Waals surface area contributed by atoms with E-state index < -0.39 is 0 Å². The predicted octanol–water partition coefficient (Wildman–Crippen LogP) is 3.87. The zero-order valence-corrected chi connectivity index (χ0v) is 15.7. The lowest BCUT2D eigenvalue weighted by Crippen LogP contribution is -2.07. The van der Waals surface area contributed by atoms with Crippen molar-refractivity contribution in [3.8, 4) is 11.1 Å². The average molecular weight is 374 g/mol. The number of H-pyrrole nitrogens is 2. The molecule has 0 aliphatic heterocycles. The number of benzene rings is 1. The van der Waals surface area contributed by atoms with E-state index in [-0.39, 0.29) is 17.0 Å². The lowest BCUT2D eigenvalue weighted by atomic mass is 10.0. The lowest BCUT2D eigenvalue weighted by molar-refractivity contribution is 0.542.